The third kappa shape index (κ3) is 5.19. The Kier molecular flexibility index (Phi) is 6.17. The number of thiazole rings is 1. The standard InChI is InChI=1S/C22H22FN3O2S/c23-18-6-8-20(9-7-18)28-15-21-24-19(16-29-21)14-25-10-12-26(13-11-25)22(27)17-4-2-1-3-5-17/h1-9,16H,10-15H2/p+1. The molecule has 2 heterocycles. The van der Waals surface area contributed by atoms with Crippen molar-refractivity contribution in [3.05, 3.63) is 82.1 Å². The van der Waals surface area contributed by atoms with Gasteiger partial charge in [0.2, 0.25) is 0 Å². The molecule has 7 heteroatoms. The Hall–Kier alpha value is -2.77. The highest BCUT2D eigenvalue weighted by molar-refractivity contribution is 7.09. The summed E-state index contributed by atoms with van der Waals surface area (Å²) in [6.45, 7) is 4.57. The van der Waals surface area contributed by atoms with Gasteiger partial charge in [-0.3, -0.25) is 4.79 Å². The van der Waals surface area contributed by atoms with Crippen LogP contribution < -0.4 is 9.64 Å². The second-order valence-electron chi connectivity index (χ2n) is 7.06. The molecule has 1 aliphatic heterocycles. The van der Waals surface area contributed by atoms with Crippen LogP contribution in [0.15, 0.2) is 60.0 Å². The number of hydrogen-bond donors (Lipinski definition) is 1. The smallest absolute Gasteiger partial charge is 0.254 e. The van der Waals surface area contributed by atoms with E-state index in [-0.39, 0.29) is 11.7 Å². The van der Waals surface area contributed by atoms with Crippen LogP contribution in [0.2, 0.25) is 0 Å². The van der Waals surface area contributed by atoms with Crippen LogP contribution in [-0.4, -0.2) is 42.0 Å². The molecule has 0 saturated carbocycles. The zero-order chi connectivity index (χ0) is 20.1. The van der Waals surface area contributed by atoms with E-state index < -0.39 is 0 Å². The number of nitrogens with one attached hydrogen (secondary N) is 1. The normalized spacial score (nSPS) is 14.7. The van der Waals surface area contributed by atoms with E-state index in [1.807, 2.05) is 35.2 Å². The quantitative estimate of drug-likeness (QED) is 0.676. The summed E-state index contributed by atoms with van der Waals surface area (Å²) in [6, 6.07) is 15.4. The molecule has 0 atom stereocenters. The van der Waals surface area contributed by atoms with Gasteiger partial charge in [-0.25, -0.2) is 9.37 Å². The minimum absolute atomic E-state index is 0.110. The number of rotatable bonds is 6. The second-order valence-corrected chi connectivity index (χ2v) is 8.00. The minimum atomic E-state index is -0.276. The molecule has 1 N–H and O–H groups in total. The maximum absolute atomic E-state index is 12.9. The number of piperazine rings is 1. The highest BCUT2D eigenvalue weighted by Crippen LogP contribution is 2.16. The van der Waals surface area contributed by atoms with Gasteiger partial charge in [0.25, 0.3) is 5.91 Å². The van der Waals surface area contributed by atoms with Crippen molar-refractivity contribution >= 4 is 17.2 Å². The van der Waals surface area contributed by atoms with Gasteiger partial charge in [-0.1, -0.05) is 18.2 Å². The second kappa shape index (κ2) is 9.15. The molecule has 0 spiro atoms. The Morgan fingerprint density at radius 2 is 1.83 bits per heavy atom. The number of carbonyl (C=O) groups is 1. The van der Waals surface area contributed by atoms with Crippen molar-refractivity contribution in [3.8, 4) is 5.75 Å². The third-order valence-corrected chi connectivity index (χ3v) is 5.86. The Bertz CT molecular complexity index is 938. The first-order chi connectivity index (χ1) is 14.2. The van der Waals surface area contributed by atoms with Crippen molar-refractivity contribution < 1.29 is 18.8 Å². The number of aromatic nitrogens is 1. The van der Waals surface area contributed by atoms with Gasteiger partial charge in [0.05, 0.1) is 26.2 Å². The van der Waals surface area contributed by atoms with E-state index in [0.29, 0.717) is 12.4 Å². The van der Waals surface area contributed by atoms with Gasteiger partial charge in [-0.05, 0) is 36.4 Å². The van der Waals surface area contributed by atoms with Crippen molar-refractivity contribution in [2.75, 3.05) is 26.2 Å². The minimum Gasteiger partial charge on any atom is -0.486 e. The van der Waals surface area contributed by atoms with Gasteiger partial charge in [0.1, 0.15) is 35.4 Å². The van der Waals surface area contributed by atoms with Crippen LogP contribution in [0, 0.1) is 5.82 Å². The lowest BCUT2D eigenvalue weighted by Gasteiger charge is -2.32. The fourth-order valence-corrected chi connectivity index (χ4v) is 4.10. The monoisotopic (exact) mass is 412 g/mol. The van der Waals surface area contributed by atoms with Crippen molar-refractivity contribution in [1.82, 2.24) is 9.88 Å². The zero-order valence-electron chi connectivity index (χ0n) is 16.0. The summed E-state index contributed by atoms with van der Waals surface area (Å²) in [6.07, 6.45) is 0. The molecule has 1 saturated heterocycles. The van der Waals surface area contributed by atoms with Crippen LogP contribution in [0.25, 0.3) is 0 Å². The summed E-state index contributed by atoms with van der Waals surface area (Å²) >= 11 is 1.58. The average Bonchev–Trinajstić information content (AvgIpc) is 3.21. The Balaban J connectivity index is 1.24. The number of nitrogens with zero attached hydrogens (tertiary/aromatic N) is 2. The maximum atomic E-state index is 12.9. The van der Waals surface area contributed by atoms with E-state index in [4.69, 9.17) is 4.74 Å². The topological polar surface area (TPSA) is 46.9 Å². The van der Waals surface area contributed by atoms with Crippen molar-refractivity contribution in [2.45, 2.75) is 13.2 Å². The summed E-state index contributed by atoms with van der Waals surface area (Å²) in [5.74, 6) is 0.467. The fraction of sp³-hybridized carbons (Fsp3) is 0.273. The van der Waals surface area contributed by atoms with Crippen LogP contribution in [0.4, 0.5) is 4.39 Å². The largest absolute Gasteiger partial charge is 0.486 e. The van der Waals surface area contributed by atoms with Gasteiger partial charge in [-0.2, -0.15) is 0 Å². The predicted molar refractivity (Wildman–Crippen MR) is 110 cm³/mol. The molecule has 1 fully saturated rings. The van der Waals surface area contributed by atoms with Crippen LogP contribution in [0.3, 0.4) is 0 Å². The van der Waals surface area contributed by atoms with Gasteiger partial charge in [0, 0.05) is 10.9 Å². The first kappa shape index (κ1) is 19.5. The Labute approximate surface area is 173 Å². The molecular formula is C22H23FN3O2S+. The lowest BCUT2D eigenvalue weighted by atomic mass is 10.2. The number of carbonyl (C=O) groups excluding carboxylic acids is 1. The summed E-state index contributed by atoms with van der Waals surface area (Å²) in [4.78, 5) is 20.6. The molecule has 150 valence electrons. The summed E-state index contributed by atoms with van der Waals surface area (Å²) < 4.78 is 18.6. The van der Waals surface area contributed by atoms with Gasteiger partial charge in [-0.15, -0.1) is 11.3 Å². The first-order valence-electron chi connectivity index (χ1n) is 9.67. The van der Waals surface area contributed by atoms with E-state index in [1.54, 1.807) is 23.5 Å². The lowest BCUT2D eigenvalue weighted by Crippen LogP contribution is -3.13. The van der Waals surface area contributed by atoms with E-state index in [2.05, 4.69) is 10.4 Å². The number of halogens is 1. The molecule has 0 radical (unpaired) electrons. The van der Waals surface area contributed by atoms with E-state index >= 15 is 0 Å². The number of hydrogen-bond acceptors (Lipinski definition) is 4. The molecule has 0 aliphatic carbocycles. The van der Waals surface area contributed by atoms with E-state index in [1.165, 1.54) is 17.0 Å². The summed E-state index contributed by atoms with van der Waals surface area (Å²) in [7, 11) is 0. The molecule has 1 amide bonds. The van der Waals surface area contributed by atoms with E-state index in [0.717, 1.165) is 49.0 Å². The molecule has 2 aromatic carbocycles. The Morgan fingerprint density at radius 3 is 2.55 bits per heavy atom. The number of amides is 1. The van der Waals surface area contributed by atoms with Crippen molar-refractivity contribution in [1.29, 1.82) is 0 Å². The molecular weight excluding hydrogens is 389 g/mol. The maximum Gasteiger partial charge on any atom is 0.254 e. The predicted octanol–water partition coefficient (Wildman–Crippen LogP) is 2.40. The van der Waals surface area contributed by atoms with Crippen molar-refractivity contribution in [2.24, 2.45) is 0 Å². The molecule has 5 nitrogen and oxygen atoms in total. The SMILES string of the molecule is O=C(c1ccccc1)N1CC[NH+](Cc2csc(COc3ccc(F)cc3)n2)CC1. The van der Waals surface area contributed by atoms with Crippen LogP contribution in [0.1, 0.15) is 21.1 Å². The van der Waals surface area contributed by atoms with Crippen LogP contribution in [-0.2, 0) is 13.2 Å². The zero-order valence-corrected chi connectivity index (χ0v) is 16.8. The third-order valence-electron chi connectivity index (χ3n) is 4.98. The highest BCUT2D eigenvalue weighted by Gasteiger charge is 2.25. The van der Waals surface area contributed by atoms with Crippen LogP contribution in [0.5, 0.6) is 5.75 Å². The van der Waals surface area contributed by atoms with Gasteiger partial charge >= 0.3 is 0 Å². The van der Waals surface area contributed by atoms with E-state index in [9.17, 15) is 9.18 Å². The molecule has 4 rings (SSSR count). The molecule has 1 aromatic heterocycles. The average molecular weight is 413 g/mol. The number of benzene rings is 2. The highest BCUT2D eigenvalue weighted by atomic mass is 32.1. The fourth-order valence-electron chi connectivity index (χ4n) is 3.39. The van der Waals surface area contributed by atoms with Gasteiger partial charge in [0.15, 0.2) is 0 Å². The Morgan fingerprint density at radius 1 is 1.10 bits per heavy atom. The number of ether oxygens (including phenoxy) is 1. The van der Waals surface area contributed by atoms with Crippen LogP contribution >= 0.6 is 11.3 Å². The lowest BCUT2D eigenvalue weighted by molar-refractivity contribution is -0.917. The molecule has 0 unspecified atom stereocenters. The molecule has 1 aliphatic rings. The molecule has 3 aromatic rings. The van der Waals surface area contributed by atoms with Crippen molar-refractivity contribution in [3.63, 3.8) is 0 Å². The molecule has 0 bridgehead atoms. The summed E-state index contributed by atoms with van der Waals surface area (Å²) in [5, 5.41) is 2.97. The van der Waals surface area contributed by atoms with Gasteiger partial charge < -0.3 is 14.5 Å². The summed E-state index contributed by atoms with van der Waals surface area (Å²) in [5.41, 5.74) is 1.80. The number of quaternary nitrogens is 1. The molecule has 29 heavy (non-hydrogen) atoms. The first-order valence-corrected chi connectivity index (χ1v) is 10.5.